The van der Waals surface area contributed by atoms with E-state index in [2.05, 4.69) is 10.2 Å². The largest absolute Gasteiger partial charge is 0.369 e. The van der Waals surface area contributed by atoms with E-state index in [9.17, 15) is 4.79 Å². The number of primary amides is 1. The molecule has 1 aromatic heterocycles. The summed E-state index contributed by atoms with van der Waals surface area (Å²) in [5, 5.41) is 8.75. The first-order chi connectivity index (χ1) is 9.40. The molecule has 0 spiro atoms. The van der Waals surface area contributed by atoms with Crippen LogP contribution in [0.15, 0.2) is 23.4 Å². The van der Waals surface area contributed by atoms with E-state index in [-0.39, 0.29) is 0 Å². The summed E-state index contributed by atoms with van der Waals surface area (Å²) in [6.45, 7) is 1.66. The monoisotopic (exact) mass is 331 g/mol. The zero-order valence-corrected chi connectivity index (χ0v) is 12.7. The SMILES string of the molecule is C[C@H](Sc1nnc(-c2cc(Cl)ccc2Cl)n1N)C(N)=O. The lowest BCUT2D eigenvalue weighted by Crippen LogP contribution is -2.23. The number of hydrogen-bond acceptors (Lipinski definition) is 5. The molecule has 0 radical (unpaired) electrons. The molecule has 1 atom stereocenters. The predicted molar refractivity (Wildman–Crippen MR) is 80.1 cm³/mol. The van der Waals surface area contributed by atoms with Crippen LogP contribution in [-0.2, 0) is 4.79 Å². The van der Waals surface area contributed by atoms with Gasteiger partial charge < -0.3 is 11.6 Å². The van der Waals surface area contributed by atoms with E-state index in [1.165, 1.54) is 4.68 Å². The van der Waals surface area contributed by atoms with Crippen molar-refractivity contribution in [3.05, 3.63) is 28.2 Å². The van der Waals surface area contributed by atoms with E-state index < -0.39 is 11.2 Å². The van der Waals surface area contributed by atoms with Crippen LogP contribution in [0.3, 0.4) is 0 Å². The number of rotatable bonds is 4. The summed E-state index contributed by atoms with van der Waals surface area (Å²) in [5.41, 5.74) is 5.76. The summed E-state index contributed by atoms with van der Waals surface area (Å²) >= 11 is 13.1. The first-order valence-electron chi connectivity index (χ1n) is 5.52. The Hall–Kier alpha value is -1.44. The summed E-state index contributed by atoms with van der Waals surface area (Å²) < 4.78 is 1.25. The van der Waals surface area contributed by atoms with Crippen molar-refractivity contribution in [2.45, 2.75) is 17.3 Å². The van der Waals surface area contributed by atoms with Gasteiger partial charge in [0.05, 0.1) is 10.3 Å². The second kappa shape index (κ2) is 5.90. The van der Waals surface area contributed by atoms with Crippen molar-refractivity contribution in [2.24, 2.45) is 5.73 Å². The molecule has 2 rings (SSSR count). The molecule has 1 aromatic carbocycles. The quantitative estimate of drug-likeness (QED) is 0.658. The lowest BCUT2D eigenvalue weighted by Gasteiger charge is -2.07. The topological polar surface area (TPSA) is 99.8 Å². The number of amides is 1. The van der Waals surface area contributed by atoms with Gasteiger partial charge in [-0.05, 0) is 25.1 Å². The van der Waals surface area contributed by atoms with Crippen molar-refractivity contribution < 1.29 is 4.79 Å². The van der Waals surface area contributed by atoms with Gasteiger partial charge in [-0.15, -0.1) is 10.2 Å². The molecule has 1 heterocycles. The molecule has 6 nitrogen and oxygen atoms in total. The van der Waals surface area contributed by atoms with Crippen LogP contribution < -0.4 is 11.6 Å². The average Bonchev–Trinajstić information content (AvgIpc) is 2.74. The van der Waals surface area contributed by atoms with Gasteiger partial charge in [0.25, 0.3) is 0 Å². The Morgan fingerprint density at radius 1 is 1.40 bits per heavy atom. The molecule has 0 fully saturated rings. The number of carbonyl (C=O) groups excluding carboxylic acids is 1. The number of carbonyl (C=O) groups is 1. The summed E-state index contributed by atoms with van der Waals surface area (Å²) in [6.07, 6.45) is 0. The third-order valence-electron chi connectivity index (χ3n) is 2.52. The molecular formula is C11H11Cl2N5OS. The van der Waals surface area contributed by atoms with Crippen molar-refractivity contribution in [1.29, 1.82) is 0 Å². The first-order valence-corrected chi connectivity index (χ1v) is 7.15. The molecule has 0 saturated heterocycles. The molecular weight excluding hydrogens is 321 g/mol. The number of halogens is 2. The highest BCUT2D eigenvalue weighted by Crippen LogP contribution is 2.31. The van der Waals surface area contributed by atoms with Crippen LogP contribution in [0.1, 0.15) is 6.92 Å². The molecule has 0 aliphatic carbocycles. The molecule has 0 bridgehead atoms. The number of thioether (sulfide) groups is 1. The van der Waals surface area contributed by atoms with Gasteiger partial charge in [0.15, 0.2) is 5.82 Å². The van der Waals surface area contributed by atoms with Crippen molar-refractivity contribution >= 4 is 40.9 Å². The van der Waals surface area contributed by atoms with Crippen molar-refractivity contribution in [3.63, 3.8) is 0 Å². The Morgan fingerprint density at radius 3 is 2.75 bits per heavy atom. The number of nitrogen functional groups attached to an aromatic ring is 1. The molecule has 0 aliphatic rings. The molecule has 4 N–H and O–H groups in total. The van der Waals surface area contributed by atoms with Crippen LogP contribution >= 0.6 is 35.0 Å². The Labute approximate surface area is 129 Å². The zero-order valence-electron chi connectivity index (χ0n) is 10.4. The highest BCUT2D eigenvalue weighted by Gasteiger charge is 2.19. The van der Waals surface area contributed by atoms with Gasteiger partial charge in [0.1, 0.15) is 0 Å². The fraction of sp³-hybridized carbons (Fsp3) is 0.182. The molecule has 106 valence electrons. The van der Waals surface area contributed by atoms with E-state index in [1.807, 2.05) is 0 Å². The number of nitrogens with zero attached hydrogens (tertiary/aromatic N) is 3. The molecule has 20 heavy (non-hydrogen) atoms. The highest BCUT2D eigenvalue weighted by atomic mass is 35.5. The second-order valence-corrected chi connectivity index (χ2v) is 6.11. The lowest BCUT2D eigenvalue weighted by atomic mass is 10.2. The Bertz CT molecular complexity index is 660. The minimum atomic E-state index is -0.468. The van der Waals surface area contributed by atoms with E-state index in [4.69, 9.17) is 34.8 Å². The van der Waals surface area contributed by atoms with Crippen LogP contribution in [0.4, 0.5) is 0 Å². The van der Waals surface area contributed by atoms with Crippen LogP contribution in [0.5, 0.6) is 0 Å². The van der Waals surface area contributed by atoms with E-state index >= 15 is 0 Å². The minimum Gasteiger partial charge on any atom is -0.369 e. The standard InChI is InChI=1S/C11H11Cl2N5OS/c1-5(9(14)19)20-11-17-16-10(18(11)15)7-4-6(12)2-3-8(7)13/h2-5H,15H2,1H3,(H2,14,19)/t5-/m0/s1. The van der Waals surface area contributed by atoms with Gasteiger partial charge in [0.2, 0.25) is 11.1 Å². The van der Waals surface area contributed by atoms with Crippen molar-refractivity contribution in [1.82, 2.24) is 14.9 Å². The number of benzene rings is 1. The molecule has 0 aliphatic heterocycles. The molecule has 0 saturated carbocycles. The predicted octanol–water partition coefficient (Wildman–Crippen LogP) is 1.93. The maximum Gasteiger partial charge on any atom is 0.230 e. The summed E-state index contributed by atoms with van der Waals surface area (Å²) in [6, 6.07) is 4.95. The van der Waals surface area contributed by atoms with Crippen molar-refractivity contribution in [2.75, 3.05) is 5.84 Å². The van der Waals surface area contributed by atoms with E-state index in [0.29, 0.717) is 26.6 Å². The van der Waals surface area contributed by atoms with Crippen LogP contribution in [0.2, 0.25) is 10.0 Å². The zero-order chi connectivity index (χ0) is 14.9. The summed E-state index contributed by atoms with van der Waals surface area (Å²) in [7, 11) is 0. The number of nitrogens with two attached hydrogens (primary N) is 2. The minimum absolute atomic E-state index is 0.358. The van der Waals surface area contributed by atoms with Crippen LogP contribution in [0.25, 0.3) is 11.4 Å². The summed E-state index contributed by atoms with van der Waals surface area (Å²) in [5.74, 6) is 5.82. The second-order valence-electron chi connectivity index (χ2n) is 3.96. The Morgan fingerprint density at radius 2 is 2.10 bits per heavy atom. The lowest BCUT2D eigenvalue weighted by molar-refractivity contribution is -0.117. The first kappa shape index (κ1) is 15.0. The van der Waals surface area contributed by atoms with Gasteiger partial charge >= 0.3 is 0 Å². The molecule has 0 unspecified atom stereocenters. The fourth-order valence-electron chi connectivity index (χ4n) is 1.43. The third kappa shape index (κ3) is 3.00. The smallest absolute Gasteiger partial charge is 0.230 e. The number of hydrogen-bond donors (Lipinski definition) is 2. The van der Waals surface area contributed by atoms with Gasteiger partial charge in [0, 0.05) is 10.6 Å². The average molecular weight is 332 g/mol. The van der Waals surface area contributed by atoms with E-state index in [1.54, 1.807) is 25.1 Å². The molecule has 9 heteroatoms. The summed E-state index contributed by atoms with van der Waals surface area (Å²) in [4.78, 5) is 11.1. The maximum atomic E-state index is 11.1. The Kier molecular flexibility index (Phi) is 4.42. The van der Waals surface area contributed by atoms with Gasteiger partial charge in [-0.1, -0.05) is 35.0 Å². The van der Waals surface area contributed by atoms with Crippen LogP contribution in [-0.4, -0.2) is 26.0 Å². The molecule has 2 aromatic rings. The van der Waals surface area contributed by atoms with E-state index in [0.717, 1.165) is 11.8 Å². The number of aromatic nitrogens is 3. The fourth-order valence-corrected chi connectivity index (χ4v) is 2.52. The highest BCUT2D eigenvalue weighted by molar-refractivity contribution is 8.00. The molecule has 1 amide bonds. The normalized spacial score (nSPS) is 12.3. The maximum absolute atomic E-state index is 11.1. The Balaban J connectivity index is 2.38. The van der Waals surface area contributed by atoms with Crippen LogP contribution in [0, 0.1) is 0 Å². The third-order valence-corrected chi connectivity index (χ3v) is 4.16. The van der Waals surface area contributed by atoms with Gasteiger partial charge in [-0.2, -0.15) is 0 Å². The van der Waals surface area contributed by atoms with Gasteiger partial charge in [-0.25, -0.2) is 4.68 Å². The van der Waals surface area contributed by atoms with Gasteiger partial charge in [-0.3, -0.25) is 4.79 Å². The van der Waals surface area contributed by atoms with Crippen molar-refractivity contribution in [3.8, 4) is 11.4 Å².